The van der Waals surface area contributed by atoms with Crippen LogP contribution in [0.15, 0.2) is 31.0 Å². The molecule has 0 saturated heterocycles. The second-order valence-electron chi connectivity index (χ2n) is 11.9. The minimum atomic E-state index is -0.129. The number of hydrogen-bond acceptors (Lipinski definition) is 5. The van der Waals surface area contributed by atoms with E-state index >= 15 is 0 Å². The highest BCUT2D eigenvalue weighted by atomic mass is 19.1. The van der Waals surface area contributed by atoms with Crippen LogP contribution in [0, 0.1) is 52.2 Å². The van der Waals surface area contributed by atoms with E-state index in [1.54, 1.807) is 12.3 Å². The fourth-order valence-corrected chi connectivity index (χ4v) is 8.61. The third kappa shape index (κ3) is 5.29. The number of halogens is 1. The lowest BCUT2D eigenvalue weighted by molar-refractivity contribution is -0.128. The van der Waals surface area contributed by atoms with Gasteiger partial charge >= 0.3 is 0 Å². The van der Waals surface area contributed by atoms with Gasteiger partial charge in [0.05, 0.1) is 18.9 Å². The standard InChI is InChI=1S/C27H38FN3O.C3H7N/c1-27-11-10-20-19-6-4-17(14-28)13-18(19)5-7-21(20)22(27)8-9-23(27)26(32)16-31-24-3-2-12-30-25(24)15-29;1-2-3-4/h2-3,12,15,17-23,29,31H,4-11,13-14,16H2,1H3;2H,1,3-4H2. The van der Waals surface area contributed by atoms with Gasteiger partial charge in [-0.2, -0.15) is 0 Å². The van der Waals surface area contributed by atoms with E-state index < -0.39 is 0 Å². The maximum absolute atomic E-state index is 13.4. The highest BCUT2D eigenvalue weighted by molar-refractivity contribution is 5.88. The molecule has 0 aliphatic heterocycles. The van der Waals surface area contributed by atoms with Crippen molar-refractivity contribution in [2.45, 2.75) is 64.7 Å². The first-order chi connectivity index (χ1) is 17.5. The lowest BCUT2D eigenvalue weighted by Crippen LogP contribution is -2.49. The van der Waals surface area contributed by atoms with E-state index in [-0.39, 0.29) is 18.0 Å². The normalized spacial score (nSPS) is 36.8. The van der Waals surface area contributed by atoms with Gasteiger partial charge in [0.2, 0.25) is 0 Å². The van der Waals surface area contributed by atoms with Gasteiger partial charge < -0.3 is 16.5 Å². The third-order valence-electron chi connectivity index (χ3n) is 10.3. The molecule has 5 rings (SSSR count). The quantitative estimate of drug-likeness (QED) is 0.317. The number of anilines is 1. The molecule has 0 spiro atoms. The van der Waals surface area contributed by atoms with Gasteiger partial charge in [-0.1, -0.05) is 13.0 Å². The van der Waals surface area contributed by atoms with Gasteiger partial charge in [0, 0.05) is 24.9 Å². The Labute approximate surface area is 216 Å². The predicted octanol–water partition coefficient (Wildman–Crippen LogP) is 6.05. The molecule has 8 unspecified atom stereocenters. The Morgan fingerprint density at radius 1 is 1.22 bits per heavy atom. The van der Waals surface area contributed by atoms with E-state index in [1.165, 1.54) is 44.7 Å². The second-order valence-corrected chi connectivity index (χ2v) is 11.9. The summed E-state index contributed by atoms with van der Waals surface area (Å²) in [7, 11) is 0. The van der Waals surface area contributed by atoms with Crippen LogP contribution in [0.2, 0.25) is 0 Å². The smallest absolute Gasteiger partial charge is 0.155 e. The number of alkyl halides is 1. The zero-order chi connectivity index (χ0) is 25.7. The largest absolute Gasteiger partial charge is 0.376 e. The highest BCUT2D eigenvalue weighted by Gasteiger charge is 2.58. The number of carbonyl (C=O) groups excluding carboxylic acids is 1. The van der Waals surface area contributed by atoms with E-state index in [9.17, 15) is 9.18 Å². The molecule has 1 heterocycles. The van der Waals surface area contributed by atoms with Crippen LogP contribution in [0.25, 0.3) is 0 Å². The first kappa shape index (κ1) is 27.0. The summed E-state index contributed by atoms with van der Waals surface area (Å²) >= 11 is 0. The van der Waals surface area contributed by atoms with Crippen LogP contribution in [0.3, 0.4) is 0 Å². The Hall–Kier alpha value is -2.08. The minimum Gasteiger partial charge on any atom is -0.376 e. The summed E-state index contributed by atoms with van der Waals surface area (Å²) in [6.45, 7) is 6.54. The van der Waals surface area contributed by atoms with Crippen LogP contribution in [-0.4, -0.2) is 36.7 Å². The van der Waals surface area contributed by atoms with Gasteiger partial charge in [0.15, 0.2) is 5.78 Å². The summed E-state index contributed by atoms with van der Waals surface area (Å²) in [5.74, 6) is 4.59. The molecule has 1 aromatic heterocycles. The number of fused-ring (bicyclic) bond motifs is 5. The molecule has 4 fully saturated rings. The molecule has 36 heavy (non-hydrogen) atoms. The van der Waals surface area contributed by atoms with Crippen molar-refractivity contribution in [2.24, 2.45) is 52.6 Å². The monoisotopic (exact) mass is 496 g/mol. The van der Waals surface area contributed by atoms with Crippen LogP contribution in [-0.2, 0) is 4.79 Å². The van der Waals surface area contributed by atoms with Gasteiger partial charge in [-0.15, -0.1) is 6.58 Å². The molecule has 4 aliphatic carbocycles. The van der Waals surface area contributed by atoms with Gasteiger partial charge in [-0.3, -0.25) is 14.2 Å². The summed E-state index contributed by atoms with van der Waals surface area (Å²) in [6, 6.07) is 3.73. The first-order valence-electron chi connectivity index (χ1n) is 14.1. The van der Waals surface area contributed by atoms with Gasteiger partial charge in [-0.05, 0) is 111 Å². The van der Waals surface area contributed by atoms with E-state index in [4.69, 9.17) is 11.1 Å². The van der Waals surface area contributed by atoms with Gasteiger partial charge in [-0.25, -0.2) is 0 Å². The van der Waals surface area contributed by atoms with E-state index in [0.29, 0.717) is 36.4 Å². The Morgan fingerprint density at radius 2 is 2.00 bits per heavy atom. The van der Waals surface area contributed by atoms with Crippen molar-refractivity contribution in [3.63, 3.8) is 0 Å². The minimum absolute atomic E-state index is 0.127. The molecule has 0 bridgehead atoms. The molecule has 0 aromatic carbocycles. The molecule has 4 saturated carbocycles. The van der Waals surface area contributed by atoms with Gasteiger partial charge in [0.25, 0.3) is 0 Å². The zero-order valence-corrected chi connectivity index (χ0v) is 21.9. The number of Topliss-reactive ketones (excluding diaryl/α,β-unsaturated/α-hetero) is 1. The highest BCUT2D eigenvalue weighted by Crippen LogP contribution is 2.64. The van der Waals surface area contributed by atoms with Crippen molar-refractivity contribution >= 4 is 17.7 Å². The van der Waals surface area contributed by atoms with Crippen LogP contribution >= 0.6 is 0 Å². The summed E-state index contributed by atoms with van der Waals surface area (Å²) in [5.41, 5.74) is 6.38. The zero-order valence-electron chi connectivity index (χ0n) is 21.9. The maximum atomic E-state index is 13.4. The molecule has 5 nitrogen and oxygen atoms in total. The number of carbonyl (C=O) groups is 1. The van der Waals surface area contributed by atoms with E-state index in [0.717, 1.165) is 48.6 Å². The van der Waals surface area contributed by atoms with Crippen molar-refractivity contribution in [3.05, 3.63) is 36.7 Å². The molecule has 0 radical (unpaired) electrons. The Kier molecular flexibility index (Phi) is 8.97. The topological polar surface area (TPSA) is 91.9 Å². The lowest BCUT2D eigenvalue weighted by Gasteiger charge is -2.56. The summed E-state index contributed by atoms with van der Waals surface area (Å²) in [6.07, 6.45) is 15.2. The van der Waals surface area contributed by atoms with Gasteiger partial charge in [0.1, 0.15) is 5.69 Å². The average Bonchev–Trinajstić information content (AvgIpc) is 3.28. The number of aromatic nitrogens is 1. The predicted molar refractivity (Wildman–Crippen MR) is 145 cm³/mol. The molecule has 6 heteroatoms. The molecule has 4 N–H and O–H groups in total. The molecule has 198 valence electrons. The number of ketones is 1. The summed E-state index contributed by atoms with van der Waals surface area (Å²) in [5, 5.41) is 10.8. The Bertz CT molecular complexity index is 922. The van der Waals surface area contributed by atoms with Crippen molar-refractivity contribution in [1.29, 1.82) is 5.41 Å². The third-order valence-corrected chi connectivity index (χ3v) is 10.3. The van der Waals surface area contributed by atoms with Crippen molar-refractivity contribution in [1.82, 2.24) is 4.98 Å². The van der Waals surface area contributed by atoms with Crippen molar-refractivity contribution in [3.8, 4) is 0 Å². The van der Waals surface area contributed by atoms with Crippen LogP contribution in [0.4, 0.5) is 10.1 Å². The molecular weight excluding hydrogens is 451 g/mol. The number of hydrogen-bond donors (Lipinski definition) is 3. The molecule has 0 amide bonds. The van der Waals surface area contributed by atoms with E-state index in [2.05, 4.69) is 23.8 Å². The van der Waals surface area contributed by atoms with Crippen LogP contribution in [0.1, 0.15) is 70.4 Å². The first-order valence-corrected chi connectivity index (χ1v) is 14.1. The van der Waals surface area contributed by atoms with Crippen molar-refractivity contribution in [2.75, 3.05) is 25.1 Å². The fourth-order valence-electron chi connectivity index (χ4n) is 8.61. The number of pyridine rings is 1. The molecule has 8 atom stereocenters. The van der Waals surface area contributed by atoms with Crippen LogP contribution in [0.5, 0.6) is 0 Å². The SMILES string of the molecule is C=CCN.CC12CCC3C4CCC(CF)CC4CCC3C1CCC2C(=O)CNc1cccnc1C=N. The fraction of sp³-hybridized carbons (Fsp3) is 0.700. The number of nitrogens with zero attached hydrogens (tertiary/aromatic N) is 1. The average molecular weight is 497 g/mol. The maximum Gasteiger partial charge on any atom is 0.155 e. The van der Waals surface area contributed by atoms with Crippen molar-refractivity contribution < 1.29 is 9.18 Å². The van der Waals surface area contributed by atoms with E-state index in [1.807, 2.05) is 12.1 Å². The summed E-state index contributed by atoms with van der Waals surface area (Å²) in [4.78, 5) is 17.6. The summed E-state index contributed by atoms with van der Waals surface area (Å²) < 4.78 is 13.3. The molecule has 1 aromatic rings. The molecular formula is C30H45FN4O. The van der Waals surface area contributed by atoms with Crippen LogP contribution < -0.4 is 11.1 Å². The number of rotatable bonds is 7. The number of nitrogens with one attached hydrogen (secondary N) is 2. The lowest BCUT2D eigenvalue weighted by atomic mass is 9.49. The Morgan fingerprint density at radius 3 is 2.72 bits per heavy atom. The Balaban J connectivity index is 0.000000709. The molecule has 4 aliphatic rings. The second kappa shape index (κ2) is 12.0. The number of nitrogens with two attached hydrogens (primary N) is 1.